The topological polar surface area (TPSA) is 27.7 Å². The maximum absolute atomic E-state index is 5.88. The van der Waals surface area contributed by atoms with Crippen molar-refractivity contribution in [1.82, 2.24) is 0 Å². The number of methoxy groups -OCH3 is 3. The highest BCUT2D eigenvalue weighted by atomic mass is 35.5. The van der Waals surface area contributed by atoms with Crippen LogP contribution in [0, 0.1) is 0 Å². The van der Waals surface area contributed by atoms with Gasteiger partial charge in [-0.1, -0.05) is 23.2 Å². The lowest BCUT2D eigenvalue weighted by Crippen LogP contribution is -2.32. The molecule has 0 amide bonds. The molecule has 0 aliphatic rings. The maximum Gasteiger partial charge on any atom is 0.311 e. The molecular weight excluding hydrogens is 239 g/mol. The van der Waals surface area contributed by atoms with Gasteiger partial charge in [-0.05, 0) is 18.2 Å². The smallest absolute Gasteiger partial charge is 0.311 e. The lowest BCUT2D eigenvalue weighted by Gasteiger charge is -2.29. The third-order valence-electron chi connectivity index (χ3n) is 2.02. The standard InChI is InChI=1S/C10H12Cl2O3/c1-13-10(14-2,15-3)7-4-8(11)6-9(12)5-7/h4-6H,1-3H3. The molecule has 1 aromatic rings. The fraction of sp³-hybridized carbons (Fsp3) is 0.400. The summed E-state index contributed by atoms with van der Waals surface area (Å²) in [7, 11) is 4.42. The zero-order valence-electron chi connectivity index (χ0n) is 8.71. The molecule has 0 saturated heterocycles. The van der Waals surface area contributed by atoms with Crippen molar-refractivity contribution in [3.63, 3.8) is 0 Å². The quantitative estimate of drug-likeness (QED) is 0.770. The van der Waals surface area contributed by atoms with Crippen LogP contribution in [-0.2, 0) is 20.2 Å². The second-order valence-electron chi connectivity index (χ2n) is 2.83. The first-order chi connectivity index (χ1) is 7.07. The largest absolute Gasteiger partial charge is 0.327 e. The summed E-state index contributed by atoms with van der Waals surface area (Å²) in [5.74, 6) is -1.27. The molecule has 0 radical (unpaired) electrons. The number of ether oxygens (including phenoxy) is 3. The predicted octanol–water partition coefficient (Wildman–Crippen LogP) is 3.04. The van der Waals surface area contributed by atoms with Crippen LogP contribution in [-0.4, -0.2) is 21.3 Å². The monoisotopic (exact) mass is 250 g/mol. The average Bonchev–Trinajstić information content (AvgIpc) is 2.20. The number of hydrogen-bond acceptors (Lipinski definition) is 3. The molecule has 3 nitrogen and oxygen atoms in total. The molecule has 0 aliphatic carbocycles. The normalized spacial score (nSPS) is 11.8. The summed E-state index contributed by atoms with van der Waals surface area (Å²) < 4.78 is 15.5. The highest BCUT2D eigenvalue weighted by Gasteiger charge is 2.32. The Hall–Kier alpha value is -0.320. The molecule has 0 N–H and O–H groups in total. The molecule has 0 aliphatic heterocycles. The van der Waals surface area contributed by atoms with Crippen LogP contribution in [0.3, 0.4) is 0 Å². The summed E-state index contributed by atoms with van der Waals surface area (Å²) in [6.45, 7) is 0. The Morgan fingerprint density at radius 2 is 1.27 bits per heavy atom. The van der Waals surface area contributed by atoms with Crippen molar-refractivity contribution in [2.24, 2.45) is 0 Å². The van der Waals surface area contributed by atoms with Gasteiger partial charge in [-0.15, -0.1) is 0 Å². The van der Waals surface area contributed by atoms with Gasteiger partial charge in [0.1, 0.15) is 0 Å². The van der Waals surface area contributed by atoms with Crippen LogP contribution in [0.15, 0.2) is 18.2 Å². The molecule has 15 heavy (non-hydrogen) atoms. The van der Waals surface area contributed by atoms with Crippen LogP contribution >= 0.6 is 23.2 Å². The first-order valence-corrected chi connectivity index (χ1v) is 4.95. The third kappa shape index (κ3) is 2.62. The van der Waals surface area contributed by atoms with E-state index in [9.17, 15) is 0 Å². The van der Waals surface area contributed by atoms with E-state index in [1.165, 1.54) is 21.3 Å². The van der Waals surface area contributed by atoms with Crippen LogP contribution in [0.4, 0.5) is 0 Å². The number of rotatable bonds is 4. The zero-order valence-corrected chi connectivity index (χ0v) is 10.2. The summed E-state index contributed by atoms with van der Waals surface area (Å²) in [6.07, 6.45) is 0. The van der Waals surface area contributed by atoms with E-state index >= 15 is 0 Å². The minimum absolute atomic E-state index is 0.494. The lowest BCUT2D eigenvalue weighted by atomic mass is 10.2. The first kappa shape index (κ1) is 12.7. The average molecular weight is 251 g/mol. The third-order valence-corrected chi connectivity index (χ3v) is 2.46. The summed E-state index contributed by atoms with van der Waals surface area (Å²) >= 11 is 11.8. The predicted molar refractivity (Wildman–Crippen MR) is 59.2 cm³/mol. The molecule has 84 valence electrons. The Morgan fingerprint density at radius 3 is 1.60 bits per heavy atom. The molecular formula is C10H12Cl2O3. The minimum Gasteiger partial charge on any atom is -0.327 e. The van der Waals surface area contributed by atoms with Crippen LogP contribution in [0.5, 0.6) is 0 Å². The highest BCUT2D eigenvalue weighted by molar-refractivity contribution is 6.34. The van der Waals surface area contributed by atoms with Gasteiger partial charge < -0.3 is 14.2 Å². The minimum atomic E-state index is -1.27. The molecule has 1 rings (SSSR count). The second kappa shape index (κ2) is 5.14. The van der Waals surface area contributed by atoms with Gasteiger partial charge in [0.05, 0.1) is 0 Å². The van der Waals surface area contributed by atoms with Gasteiger partial charge in [-0.25, -0.2) is 0 Å². The van der Waals surface area contributed by atoms with E-state index in [0.29, 0.717) is 15.6 Å². The van der Waals surface area contributed by atoms with Crippen LogP contribution < -0.4 is 0 Å². The Balaban J connectivity index is 3.22. The summed E-state index contributed by atoms with van der Waals surface area (Å²) in [5, 5.41) is 0.987. The summed E-state index contributed by atoms with van der Waals surface area (Å²) in [4.78, 5) is 0. The van der Waals surface area contributed by atoms with Crippen molar-refractivity contribution in [2.45, 2.75) is 5.97 Å². The second-order valence-corrected chi connectivity index (χ2v) is 3.70. The van der Waals surface area contributed by atoms with Crippen molar-refractivity contribution in [2.75, 3.05) is 21.3 Å². The van der Waals surface area contributed by atoms with E-state index in [4.69, 9.17) is 37.4 Å². The Labute approximate surface area is 98.8 Å². The van der Waals surface area contributed by atoms with Gasteiger partial charge in [-0.3, -0.25) is 0 Å². The van der Waals surface area contributed by atoms with Crippen molar-refractivity contribution >= 4 is 23.2 Å². The Kier molecular flexibility index (Phi) is 4.37. The molecule has 0 unspecified atom stereocenters. The van der Waals surface area contributed by atoms with E-state index in [1.54, 1.807) is 18.2 Å². The molecule has 0 saturated carbocycles. The van der Waals surface area contributed by atoms with E-state index < -0.39 is 5.97 Å². The fourth-order valence-corrected chi connectivity index (χ4v) is 1.86. The van der Waals surface area contributed by atoms with Gasteiger partial charge in [0.2, 0.25) is 0 Å². The van der Waals surface area contributed by atoms with Gasteiger partial charge in [0.15, 0.2) is 0 Å². The number of hydrogen-bond donors (Lipinski definition) is 0. The molecule has 0 heterocycles. The zero-order chi connectivity index (χ0) is 11.5. The highest BCUT2D eigenvalue weighted by Crippen LogP contribution is 2.31. The van der Waals surface area contributed by atoms with Gasteiger partial charge in [0.25, 0.3) is 0 Å². The summed E-state index contributed by atoms with van der Waals surface area (Å²) in [5.41, 5.74) is 0.604. The lowest BCUT2D eigenvalue weighted by molar-refractivity contribution is -0.364. The van der Waals surface area contributed by atoms with Crippen molar-refractivity contribution in [1.29, 1.82) is 0 Å². The molecule has 0 aromatic heterocycles. The fourth-order valence-electron chi connectivity index (χ4n) is 1.33. The maximum atomic E-state index is 5.88. The van der Waals surface area contributed by atoms with E-state index in [-0.39, 0.29) is 0 Å². The van der Waals surface area contributed by atoms with Crippen LogP contribution in [0.25, 0.3) is 0 Å². The van der Waals surface area contributed by atoms with Crippen molar-refractivity contribution in [3.05, 3.63) is 33.8 Å². The molecule has 0 spiro atoms. The van der Waals surface area contributed by atoms with E-state index in [2.05, 4.69) is 0 Å². The van der Waals surface area contributed by atoms with Gasteiger partial charge >= 0.3 is 5.97 Å². The van der Waals surface area contributed by atoms with Gasteiger partial charge in [0, 0.05) is 36.9 Å². The van der Waals surface area contributed by atoms with E-state index in [0.717, 1.165) is 0 Å². The molecule has 0 bridgehead atoms. The first-order valence-electron chi connectivity index (χ1n) is 4.20. The molecule has 0 fully saturated rings. The van der Waals surface area contributed by atoms with E-state index in [1.807, 2.05) is 0 Å². The molecule has 0 atom stereocenters. The molecule has 5 heteroatoms. The van der Waals surface area contributed by atoms with Gasteiger partial charge in [-0.2, -0.15) is 0 Å². The van der Waals surface area contributed by atoms with Crippen LogP contribution in [0.1, 0.15) is 5.56 Å². The number of halogens is 2. The van der Waals surface area contributed by atoms with Crippen molar-refractivity contribution < 1.29 is 14.2 Å². The SMILES string of the molecule is COC(OC)(OC)c1cc(Cl)cc(Cl)c1. The summed E-state index contributed by atoms with van der Waals surface area (Å²) in [6, 6.07) is 4.96. The Bertz CT molecular complexity index is 309. The van der Waals surface area contributed by atoms with Crippen molar-refractivity contribution in [3.8, 4) is 0 Å². The Morgan fingerprint density at radius 1 is 0.867 bits per heavy atom. The number of benzene rings is 1. The molecule has 1 aromatic carbocycles. The van der Waals surface area contributed by atoms with Crippen LogP contribution in [0.2, 0.25) is 10.0 Å².